The summed E-state index contributed by atoms with van der Waals surface area (Å²) in [5.74, 6) is -0.143. The van der Waals surface area contributed by atoms with Gasteiger partial charge in [0.15, 0.2) is 0 Å². The maximum atomic E-state index is 14.3. The van der Waals surface area contributed by atoms with Gasteiger partial charge in [-0.1, -0.05) is 77.8 Å². The van der Waals surface area contributed by atoms with E-state index in [0.717, 1.165) is 11.6 Å². The Morgan fingerprint density at radius 1 is 0.875 bits per heavy atom. The van der Waals surface area contributed by atoms with Crippen molar-refractivity contribution in [2.24, 2.45) is 0 Å². The number of halogens is 5. The lowest BCUT2D eigenvalue weighted by molar-refractivity contribution is -0.137. The van der Waals surface area contributed by atoms with E-state index in [9.17, 15) is 18.0 Å². The Bertz CT molecular complexity index is 1680. The number of hydrogen-bond donors (Lipinski definition) is 0. The van der Waals surface area contributed by atoms with Crippen LogP contribution < -0.4 is 0 Å². The summed E-state index contributed by atoms with van der Waals surface area (Å²) in [4.78, 5) is 16.5. The molecule has 5 aromatic rings. The van der Waals surface area contributed by atoms with Crippen LogP contribution in [0.25, 0.3) is 33.8 Å². The lowest BCUT2D eigenvalue weighted by Gasteiger charge is -2.15. The minimum Gasteiger partial charge on any atom is -0.465 e. The number of benzene rings is 4. The molecule has 202 valence electrons. The number of hydrogen-bond acceptors (Lipinski definition) is 3. The Labute approximate surface area is 238 Å². The third-order valence-electron chi connectivity index (χ3n) is 6.38. The van der Waals surface area contributed by atoms with Crippen molar-refractivity contribution in [1.29, 1.82) is 0 Å². The van der Waals surface area contributed by atoms with Crippen molar-refractivity contribution >= 4 is 29.2 Å². The third-order valence-corrected chi connectivity index (χ3v) is 6.93. The van der Waals surface area contributed by atoms with Gasteiger partial charge in [0, 0.05) is 28.9 Å². The monoisotopic (exact) mass is 580 g/mol. The Hall–Kier alpha value is -4.07. The van der Waals surface area contributed by atoms with Gasteiger partial charge < -0.3 is 9.30 Å². The number of rotatable bonds is 6. The molecule has 0 unspecified atom stereocenters. The van der Waals surface area contributed by atoms with Crippen molar-refractivity contribution in [3.05, 3.63) is 124 Å². The zero-order valence-electron chi connectivity index (χ0n) is 21.0. The molecule has 0 bridgehead atoms. The molecule has 0 saturated heterocycles. The van der Waals surface area contributed by atoms with E-state index < -0.39 is 17.7 Å². The van der Waals surface area contributed by atoms with Gasteiger partial charge in [-0.05, 0) is 53.1 Å². The van der Waals surface area contributed by atoms with Gasteiger partial charge in [0.1, 0.15) is 5.82 Å². The van der Waals surface area contributed by atoms with Gasteiger partial charge in [-0.2, -0.15) is 13.2 Å². The highest BCUT2D eigenvalue weighted by molar-refractivity contribution is 6.36. The number of nitrogens with zero attached hydrogens (tertiary/aromatic N) is 2. The van der Waals surface area contributed by atoms with Gasteiger partial charge in [-0.3, -0.25) is 0 Å². The van der Waals surface area contributed by atoms with Crippen LogP contribution in [0.1, 0.15) is 21.5 Å². The van der Waals surface area contributed by atoms with Crippen LogP contribution in [0, 0.1) is 0 Å². The van der Waals surface area contributed by atoms with Crippen LogP contribution in [0.5, 0.6) is 0 Å². The summed E-state index contributed by atoms with van der Waals surface area (Å²) in [6.45, 7) is 0.275. The molecule has 0 aliphatic carbocycles. The normalized spacial score (nSPS) is 11.4. The number of methoxy groups -OCH3 is 1. The summed E-state index contributed by atoms with van der Waals surface area (Å²) in [5.41, 5.74) is 2.31. The summed E-state index contributed by atoms with van der Waals surface area (Å²) in [7, 11) is 1.30. The van der Waals surface area contributed by atoms with E-state index in [0.29, 0.717) is 38.3 Å². The summed E-state index contributed by atoms with van der Waals surface area (Å²) < 4.78 is 49.3. The SMILES string of the molecule is COC(=O)c1ccc(Cn2cc(-c3ccc(Cl)cc3Cl)nc2-c2ccc(-c3ccccc3)c(C(F)(F)F)c2)cc1. The molecule has 1 heterocycles. The smallest absolute Gasteiger partial charge is 0.417 e. The number of ether oxygens (including phenoxy) is 1. The largest absolute Gasteiger partial charge is 0.465 e. The maximum absolute atomic E-state index is 14.3. The summed E-state index contributed by atoms with van der Waals surface area (Å²) in [6, 6.07) is 24.4. The lowest BCUT2D eigenvalue weighted by atomic mass is 9.97. The second-order valence-corrected chi connectivity index (χ2v) is 9.86. The van der Waals surface area contributed by atoms with Crippen molar-refractivity contribution in [2.45, 2.75) is 12.7 Å². The molecule has 0 fully saturated rings. The number of imidazole rings is 1. The van der Waals surface area contributed by atoms with Crippen LogP contribution >= 0.6 is 23.2 Å². The molecule has 0 N–H and O–H groups in total. The van der Waals surface area contributed by atoms with E-state index in [1.165, 1.54) is 13.2 Å². The van der Waals surface area contributed by atoms with Gasteiger partial charge in [0.2, 0.25) is 0 Å². The molecule has 0 radical (unpaired) electrons. The first-order chi connectivity index (χ1) is 19.1. The highest BCUT2D eigenvalue weighted by Crippen LogP contribution is 2.40. The van der Waals surface area contributed by atoms with Crippen LogP contribution in [0.15, 0.2) is 97.2 Å². The van der Waals surface area contributed by atoms with E-state index in [1.54, 1.807) is 89.6 Å². The van der Waals surface area contributed by atoms with Crippen LogP contribution in [-0.2, 0) is 17.5 Å². The number of carbonyl (C=O) groups is 1. The predicted octanol–water partition coefficient (Wildman–Crippen LogP) is 9.04. The van der Waals surface area contributed by atoms with Gasteiger partial charge in [-0.25, -0.2) is 9.78 Å². The summed E-state index contributed by atoms with van der Waals surface area (Å²) in [5, 5.41) is 0.812. The molecule has 1 aromatic heterocycles. The molecule has 0 saturated carbocycles. The van der Waals surface area contributed by atoms with E-state index in [2.05, 4.69) is 0 Å². The van der Waals surface area contributed by atoms with Crippen molar-refractivity contribution < 1.29 is 22.7 Å². The topological polar surface area (TPSA) is 44.1 Å². The molecular weight excluding hydrogens is 560 g/mol. The van der Waals surface area contributed by atoms with Crippen LogP contribution in [0.4, 0.5) is 13.2 Å². The highest BCUT2D eigenvalue weighted by Gasteiger charge is 2.34. The Morgan fingerprint density at radius 3 is 2.23 bits per heavy atom. The van der Waals surface area contributed by atoms with E-state index in [1.807, 2.05) is 0 Å². The van der Waals surface area contributed by atoms with Gasteiger partial charge in [-0.15, -0.1) is 0 Å². The first kappa shape index (κ1) is 27.5. The number of carbonyl (C=O) groups excluding carboxylic acids is 1. The van der Waals surface area contributed by atoms with Gasteiger partial charge in [0.05, 0.1) is 29.0 Å². The Morgan fingerprint density at radius 2 is 1.57 bits per heavy atom. The molecule has 4 nitrogen and oxygen atoms in total. The van der Waals surface area contributed by atoms with Crippen molar-refractivity contribution in [3.8, 4) is 33.8 Å². The van der Waals surface area contributed by atoms with Crippen LogP contribution in [0.3, 0.4) is 0 Å². The summed E-state index contributed by atoms with van der Waals surface area (Å²) >= 11 is 12.5. The average Bonchev–Trinajstić information content (AvgIpc) is 3.36. The van der Waals surface area contributed by atoms with Crippen molar-refractivity contribution in [1.82, 2.24) is 9.55 Å². The fourth-order valence-corrected chi connectivity index (χ4v) is 4.95. The molecule has 0 spiro atoms. The van der Waals surface area contributed by atoms with Gasteiger partial charge in [0.25, 0.3) is 0 Å². The molecule has 0 aliphatic rings. The second kappa shape index (κ2) is 11.2. The number of esters is 1. The molecule has 0 aliphatic heterocycles. The molecule has 5 rings (SSSR count). The standard InChI is InChI=1S/C31H21Cl2F3N2O2/c1-40-30(39)21-9-7-19(8-10-21)17-38-18-28(25-14-12-23(32)16-27(25)33)37-29(38)22-11-13-24(20-5-3-2-4-6-20)26(15-22)31(34,35)36/h2-16,18H,17H2,1H3. The zero-order chi connectivity index (χ0) is 28.4. The minimum atomic E-state index is -4.59. The molecule has 4 aromatic carbocycles. The number of aromatic nitrogens is 2. The minimum absolute atomic E-state index is 0.0781. The Balaban J connectivity index is 1.63. The maximum Gasteiger partial charge on any atom is 0.417 e. The highest BCUT2D eigenvalue weighted by atomic mass is 35.5. The van der Waals surface area contributed by atoms with Crippen LogP contribution in [0.2, 0.25) is 10.0 Å². The van der Waals surface area contributed by atoms with Crippen molar-refractivity contribution in [2.75, 3.05) is 7.11 Å². The van der Waals surface area contributed by atoms with E-state index >= 15 is 0 Å². The molecular formula is C31H21Cl2F3N2O2. The molecule has 0 atom stereocenters. The fraction of sp³-hybridized carbons (Fsp3) is 0.0968. The first-order valence-corrected chi connectivity index (χ1v) is 12.9. The summed E-state index contributed by atoms with van der Waals surface area (Å²) in [6.07, 6.45) is -2.86. The quantitative estimate of drug-likeness (QED) is 0.188. The Kier molecular flexibility index (Phi) is 7.70. The first-order valence-electron chi connectivity index (χ1n) is 12.1. The fourth-order valence-electron chi connectivity index (χ4n) is 4.44. The van der Waals surface area contributed by atoms with Crippen molar-refractivity contribution in [3.63, 3.8) is 0 Å². The predicted molar refractivity (Wildman–Crippen MR) is 150 cm³/mol. The molecule has 9 heteroatoms. The lowest BCUT2D eigenvalue weighted by Crippen LogP contribution is -2.08. The second-order valence-electron chi connectivity index (χ2n) is 9.01. The number of alkyl halides is 3. The molecule has 40 heavy (non-hydrogen) atoms. The van der Waals surface area contributed by atoms with Crippen LogP contribution in [-0.4, -0.2) is 22.6 Å². The average molecular weight is 581 g/mol. The zero-order valence-corrected chi connectivity index (χ0v) is 22.6. The third kappa shape index (κ3) is 5.76. The van der Waals surface area contributed by atoms with E-state index in [-0.39, 0.29) is 17.7 Å². The van der Waals surface area contributed by atoms with E-state index in [4.69, 9.17) is 32.9 Å². The molecule has 0 amide bonds. The van der Waals surface area contributed by atoms with Gasteiger partial charge >= 0.3 is 12.1 Å².